The molecule has 0 aliphatic rings. The highest BCUT2D eigenvalue weighted by Crippen LogP contribution is 2.23. The van der Waals surface area contributed by atoms with Crippen molar-refractivity contribution in [2.24, 2.45) is 0 Å². The summed E-state index contributed by atoms with van der Waals surface area (Å²) in [5.41, 5.74) is -0.126. The molecule has 0 saturated heterocycles. The lowest BCUT2D eigenvalue weighted by molar-refractivity contribution is -0.384. The Morgan fingerprint density at radius 3 is 2.28 bits per heavy atom. The lowest BCUT2D eigenvalue weighted by atomic mass is 10.1. The summed E-state index contributed by atoms with van der Waals surface area (Å²) in [6.45, 7) is 0. The van der Waals surface area contributed by atoms with Crippen LogP contribution in [0.3, 0.4) is 0 Å². The fraction of sp³-hybridized carbons (Fsp3) is 0. The molecule has 0 radical (unpaired) electrons. The van der Waals surface area contributed by atoms with Gasteiger partial charge in [0.25, 0.3) is 5.69 Å². The first-order chi connectivity index (χ1) is 12.0. The Morgan fingerprint density at radius 2 is 1.56 bits per heavy atom. The zero-order valence-electron chi connectivity index (χ0n) is 12.6. The van der Waals surface area contributed by atoms with Crippen LogP contribution >= 0.6 is 0 Å². The summed E-state index contributed by atoms with van der Waals surface area (Å²) in [6.07, 6.45) is 0. The van der Waals surface area contributed by atoms with Crippen molar-refractivity contribution < 1.29 is 21.2 Å². The number of nitrogens with zero attached hydrogens (tertiary/aromatic N) is 1. The van der Waals surface area contributed by atoms with Gasteiger partial charge in [0.2, 0.25) is 11.1 Å². The highest BCUT2D eigenvalue weighted by molar-refractivity contribution is 7.91. The Bertz CT molecular complexity index is 969. The fourth-order valence-corrected chi connectivity index (χ4v) is 3.78. The van der Waals surface area contributed by atoms with E-state index in [1.54, 1.807) is 24.3 Å². The maximum atomic E-state index is 12.3. The summed E-state index contributed by atoms with van der Waals surface area (Å²) < 4.78 is 34.1. The first kappa shape index (κ1) is 17.2. The van der Waals surface area contributed by atoms with Gasteiger partial charge in [-0.2, -0.15) is 7.84 Å². The smallest absolute Gasteiger partial charge is 0.374 e. The molecular formula is C16H11NO6S2. The van der Waals surface area contributed by atoms with E-state index in [2.05, 4.69) is 0 Å². The van der Waals surface area contributed by atoms with Gasteiger partial charge in [0.1, 0.15) is 5.75 Å². The number of nitro groups is 1. The van der Waals surface area contributed by atoms with E-state index in [4.69, 9.17) is 7.81 Å². The van der Waals surface area contributed by atoms with Crippen LogP contribution in [0.2, 0.25) is 0 Å². The van der Waals surface area contributed by atoms with Crippen molar-refractivity contribution in [3.63, 3.8) is 0 Å². The first-order valence-corrected chi connectivity index (χ1v) is 9.05. The van der Waals surface area contributed by atoms with Crippen molar-refractivity contribution in [2.75, 3.05) is 0 Å². The van der Waals surface area contributed by atoms with Crippen LogP contribution in [0.5, 0.6) is 5.75 Å². The van der Waals surface area contributed by atoms with Crippen molar-refractivity contribution in [3.8, 4) is 5.75 Å². The van der Waals surface area contributed by atoms with Crippen LogP contribution in [0.25, 0.3) is 10.8 Å². The van der Waals surface area contributed by atoms with Gasteiger partial charge in [-0.05, 0) is 23.6 Å². The highest BCUT2D eigenvalue weighted by atomic mass is 32.3. The number of hydrogen-bond acceptors (Lipinski definition) is 6. The quantitative estimate of drug-likeness (QED) is 0.482. The number of nitro benzene ring substituents is 1. The average Bonchev–Trinajstić information content (AvgIpc) is 2.61. The Balaban J connectivity index is 1.72. The van der Waals surface area contributed by atoms with Gasteiger partial charge >= 0.3 is 11.4 Å². The van der Waals surface area contributed by atoms with E-state index in [1.165, 1.54) is 24.3 Å². The number of hydrogen-bond donors (Lipinski definition) is 0. The second-order valence-electron chi connectivity index (χ2n) is 4.82. The topological polar surface area (TPSA) is 95.7 Å². The maximum Gasteiger partial charge on any atom is 0.374 e. The van der Waals surface area contributed by atoms with E-state index >= 15 is 0 Å². The molecule has 0 spiro atoms. The SMILES string of the molecule is O=[N+]([O-])c1ccc(OS(=O)OS(=O)c2cccc3ccccc23)cc1. The zero-order chi connectivity index (χ0) is 17.8. The Kier molecular flexibility index (Phi) is 5.17. The van der Waals surface area contributed by atoms with Gasteiger partial charge in [-0.15, -0.1) is 0 Å². The van der Waals surface area contributed by atoms with Crippen LogP contribution in [0.1, 0.15) is 0 Å². The van der Waals surface area contributed by atoms with E-state index in [-0.39, 0.29) is 11.4 Å². The lowest BCUT2D eigenvalue weighted by Gasteiger charge is -2.06. The molecule has 9 heteroatoms. The molecule has 0 aliphatic carbocycles. The molecule has 0 heterocycles. The minimum Gasteiger partial charge on any atom is -0.379 e. The summed E-state index contributed by atoms with van der Waals surface area (Å²) >= 11 is -4.34. The fourth-order valence-electron chi connectivity index (χ4n) is 2.14. The molecule has 0 N–H and O–H groups in total. The number of fused-ring (bicyclic) bond motifs is 1. The summed E-state index contributed by atoms with van der Waals surface area (Å²) in [7, 11) is 0. The standard InChI is InChI=1S/C16H11NO6S2/c18-17(19)13-8-10-14(11-9-13)22-25(21)23-24(20)16-7-3-5-12-4-1-2-6-15(12)16/h1-11H. The van der Waals surface area contributed by atoms with Gasteiger partial charge in [0.15, 0.2) is 0 Å². The van der Waals surface area contributed by atoms with Crippen LogP contribution in [0.4, 0.5) is 5.69 Å². The minimum absolute atomic E-state index is 0.0962. The van der Waals surface area contributed by atoms with E-state index in [0.717, 1.165) is 10.8 Å². The molecule has 3 aromatic rings. The van der Waals surface area contributed by atoms with E-state index < -0.39 is 27.4 Å². The second kappa shape index (κ2) is 7.51. The molecule has 3 aromatic carbocycles. The predicted octanol–water partition coefficient (Wildman–Crippen LogP) is 3.44. The number of benzene rings is 3. The first-order valence-electron chi connectivity index (χ1n) is 6.97. The second-order valence-corrected chi connectivity index (χ2v) is 6.85. The molecule has 128 valence electrons. The van der Waals surface area contributed by atoms with Gasteiger partial charge in [-0.1, -0.05) is 36.4 Å². The molecule has 0 amide bonds. The van der Waals surface area contributed by atoms with Gasteiger partial charge in [0, 0.05) is 17.5 Å². The molecule has 2 atom stereocenters. The third-order valence-electron chi connectivity index (χ3n) is 3.26. The molecule has 25 heavy (non-hydrogen) atoms. The van der Waals surface area contributed by atoms with Crippen molar-refractivity contribution in [1.29, 1.82) is 0 Å². The molecule has 7 nitrogen and oxygen atoms in total. The largest absolute Gasteiger partial charge is 0.379 e. The minimum atomic E-state index is -2.33. The monoisotopic (exact) mass is 377 g/mol. The third-order valence-corrected chi connectivity index (χ3v) is 5.24. The predicted molar refractivity (Wildman–Crippen MR) is 93.3 cm³/mol. The Hall–Kier alpha value is -2.62. The van der Waals surface area contributed by atoms with E-state index in [0.29, 0.717) is 4.90 Å². The van der Waals surface area contributed by atoms with Crippen LogP contribution in [0.15, 0.2) is 71.6 Å². The van der Waals surface area contributed by atoms with Crippen LogP contribution in [-0.4, -0.2) is 13.3 Å². The highest BCUT2D eigenvalue weighted by Gasteiger charge is 2.15. The third kappa shape index (κ3) is 4.08. The van der Waals surface area contributed by atoms with E-state index in [1.807, 2.05) is 18.2 Å². The molecule has 2 unspecified atom stereocenters. The molecule has 3 rings (SSSR count). The summed E-state index contributed by atoms with van der Waals surface area (Å²) in [5.74, 6) is 0.0962. The summed E-state index contributed by atoms with van der Waals surface area (Å²) in [4.78, 5) is 10.4. The van der Waals surface area contributed by atoms with Crippen LogP contribution in [-0.2, 0) is 26.1 Å². The number of rotatable bonds is 6. The average molecular weight is 377 g/mol. The van der Waals surface area contributed by atoms with Gasteiger partial charge in [-0.3, -0.25) is 10.1 Å². The maximum absolute atomic E-state index is 12.3. The molecular weight excluding hydrogens is 366 g/mol. The Labute approximate surface area is 147 Å². The van der Waals surface area contributed by atoms with Crippen LogP contribution < -0.4 is 4.18 Å². The van der Waals surface area contributed by atoms with Crippen molar-refractivity contribution in [2.45, 2.75) is 4.90 Å². The molecule has 0 saturated carbocycles. The Morgan fingerprint density at radius 1 is 0.880 bits per heavy atom. The molecule has 0 fully saturated rings. The van der Waals surface area contributed by atoms with Crippen molar-refractivity contribution >= 4 is 38.9 Å². The summed E-state index contributed by atoms with van der Waals surface area (Å²) in [5, 5.41) is 12.2. The van der Waals surface area contributed by atoms with Crippen molar-refractivity contribution in [1.82, 2.24) is 0 Å². The molecule has 0 aliphatic heterocycles. The van der Waals surface area contributed by atoms with Gasteiger partial charge in [0.05, 0.1) is 9.82 Å². The molecule has 0 bridgehead atoms. The van der Waals surface area contributed by atoms with Crippen LogP contribution in [0, 0.1) is 10.1 Å². The van der Waals surface area contributed by atoms with Crippen molar-refractivity contribution in [3.05, 3.63) is 76.8 Å². The lowest BCUT2D eigenvalue weighted by Crippen LogP contribution is -2.08. The van der Waals surface area contributed by atoms with Gasteiger partial charge in [-0.25, -0.2) is 4.21 Å². The molecule has 0 aromatic heterocycles. The normalized spacial score (nSPS) is 13.3. The van der Waals surface area contributed by atoms with Gasteiger partial charge < -0.3 is 4.18 Å². The zero-order valence-corrected chi connectivity index (χ0v) is 14.2. The number of non-ortho nitro benzene ring substituents is 1. The summed E-state index contributed by atoms with van der Waals surface area (Å²) in [6, 6.07) is 17.5. The van der Waals surface area contributed by atoms with E-state index in [9.17, 15) is 18.5 Å².